The maximum absolute atomic E-state index is 13.6. The zero-order chi connectivity index (χ0) is 15.6. The highest BCUT2D eigenvalue weighted by Crippen LogP contribution is 2.24. The first-order valence-corrected chi connectivity index (χ1v) is 6.70. The number of hydrogen-bond donors (Lipinski definition) is 3. The highest BCUT2D eigenvalue weighted by molar-refractivity contribution is 9.10. The summed E-state index contributed by atoms with van der Waals surface area (Å²) in [5.74, 6) is -3.90. The highest BCUT2D eigenvalue weighted by Gasteiger charge is 2.35. The van der Waals surface area contributed by atoms with Crippen LogP contribution in [-0.2, 0) is 9.53 Å². The number of benzene rings is 1. The third-order valence-corrected chi connectivity index (χ3v) is 3.42. The van der Waals surface area contributed by atoms with E-state index in [1.54, 1.807) is 0 Å². The van der Waals surface area contributed by atoms with E-state index in [0.717, 1.165) is 12.1 Å². The van der Waals surface area contributed by atoms with Gasteiger partial charge in [0, 0.05) is 4.47 Å². The first-order valence-electron chi connectivity index (χ1n) is 5.91. The van der Waals surface area contributed by atoms with E-state index in [1.807, 2.05) is 5.32 Å². The minimum Gasteiger partial charge on any atom is -0.481 e. The van der Waals surface area contributed by atoms with E-state index in [0.29, 0.717) is 0 Å². The average Bonchev–Trinajstić information content (AvgIpc) is 2.82. The molecule has 1 aliphatic heterocycles. The van der Waals surface area contributed by atoms with Crippen molar-refractivity contribution < 1.29 is 28.2 Å². The number of amides is 2. The van der Waals surface area contributed by atoms with Crippen molar-refractivity contribution in [2.24, 2.45) is 5.92 Å². The zero-order valence-corrected chi connectivity index (χ0v) is 12.1. The molecule has 2 amide bonds. The van der Waals surface area contributed by atoms with Gasteiger partial charge in [-0.15, -0.1) is 0 Å². The van der Waals surface area contributed by atoms with Gasteiger partial charge in [0.15, 0.2) is 11.6 Å². The normalized spacial score (nSPS) is 21.1. The number of aliphatic carboxylic acids is 1. The lowest BCUT2D eigenvalue weighted by Gasteiger charge is -2.16. The number of carboxylic acid groups (broad SMARTS) is 1. The minimum absolute atomic E-state index is 0.0235. The van der Waals surface area contributed by atoms with Gasteiger partial charge in [-0.1, -0.05) is 15.9 Å². The lowest BCUT2D eigenvalue weighted by Crippen LogP contribution is -2.44. The summed E-state index contributed by atoms with van der Waals surface area (Å²) >= 11 is 2.92. The van der Waals surface area contributed by atoms with Gasteiger partial charge < -0.3 is 20.5 Å². The van der Waals surface area contributed by atoms with Crippen molar-refractivity contribution in [2.45, 2.75) is 6.04 Å². The Balaban J connectivity index is 2.04. The number of urea groups is 1. The van der Waals surface area contributed by atoms with Crippen LogP contribution in [0.25, 0.3) is 0 Å². The second-order valence-electron chi connectivity index (χ2n) is 4.43. The number of anilines is 1. The van der Waals surface area contributed by atoms with Crippen LogP contribution in [0, 0.1) is 17.6 Å². The molecule has 3 N–H and O–H groups in total. The molecule has 1 saturated heterocycles. The summed E-state index contributed by atoms with van der Waals surface area (Å²) in [6, 6.07) is 0.329. The topological polar surface area (TPSA) is 87.7 Å². The van der Waals surface area contributed by atoms with Gasteiger partial charge in [-0.25, -0.2) is 13.6 Å². The molecule has 6 nitrogen and oxygen atoms in total. The van der Waals surface area contributed by atoms with Crippen LogP contribution in [-0.4, -0.2) is 36.4 Å². The molecule has 2 unspecified atom stereocenters. The van der Waals surface area contributed by atoms with Crippen molar-refractivity contribution in [3.8, 4) is 0 Å². The summed E-state index contributed by atoms with van der Waals surface area (Å²) in [5, 5.41) is 13.3. The first-order chi connectivity index (χ1) is 9.88. The molecule has 2 atom stereocenters. The summed E-state index contributed by atoms with van der Waals surface area (Å²) in [6.07, 6.45) is 0. The minimum atomic E-state index is -1.11. The van der Waals surface area contributed by atoms with Gasteiger partial charge in [-0.2, -0.15) is 0 Å². The van der Waals surface area contributed by atoms with Gasteiger partial charge in [0.25, 0.3) is 0 Å². The number of carbonyl (C=O) groups is 2. The third-order valence-electron chi connectivity index (χ3n) is 2.96. The Morgan fingerprint density at radius 3 is 2.48 bits per heavy atom. The Morgan fingerprint density at radius 1 is 1.29 bits per heavy atom. The maximum atomic E-state index is 13.6. The fourth-order valence-corrected chi connectivity index (χ4v) is 2.32. The molecule has 1 fully saturated rings. The Kier molecular flexibility index (Phi) is 4.73. The van der Waals surface area contributed by atoms with Gasteiger partial charge in [0.2, 0.25) is 0 Å². The van der Waals surface area contributed by atoms with Crippen LogP contribution in [0.2, 0.25) is 0 Å². The smallest absolute Gasteiger partial charge is 0.319 e. The number of carboxylic acids is 1. The Morgan fingerprint density at radius 2 is 1.90 bits per heavy atom. The Labute approximate surface area is 126 Å². The summed E-state index contributed by atoms with van der Waals surface area (Å²) in [4.78, 5) is 22.6. The molecule has 1 heterocycles. The molecular weight excluding hydrogens is 354 g/mol. The van der Waals surface area contributed by atoms with Crippen molar-refractivity contribution >= 4 is 33.6 Å². The zero-order valence-electron chi connectivity index (χ0n) is 10.5. The quantitative estimate of drug-likeness (QED) is 0.764. The molecule has 0 bridgehead atoms. The standard InChI is InChI=1S/C12H11BrF2N2O4/c13-5-1-7(14)10(8(15)2-5)17-12(20)16-9-4-21-3-6(9)11(18)19/h1-2,6,9H,3-4H2,(H,18,19)(H2,16,17,20). The van der Waals surface area contributed by atoms with Crippen molar-refractivity contribution in [3.05, 3.63) is 28.2 Å². The first kappa shape index (κ1) is 15.6. The summed E-state index contributed by atoms with van der Waals surface area (Å²) in [6.45, 7) is -0.00300. The van der Waals surface area contributed by atoms with Crippen LogP contribution in [0.4, 0.5) is 19.3 Å². The molecule has 0 spiro atoms. The lowest BCUT2D eigenvalue weighted by molar-refractivity contribution is -0.142. The van der Waals surface area contributed by atoms with Crippen LogP contribution >= 0.6 is 15.9 Å². The summed E-state index contributed by atoms with van der Waals surface area (Å²) in [5.41, 5.74) is -0.610. The molecule has 0 aliphatic carbocycles. The molecule has 21 heavy (non-hydrogen) atoms. The molecule has 2 rings (SSSR count). The second kappa shape index (κ2) is 6.35. The number of carbonyl (C=O) groups excluding carboxylic acids is 1. The molecule has 1 aliphatic rings. The van der Waals surface area contributed by atoms with Crippen LogP contribution in [0.15, 0.2) is 16.6 Å². The Bertz CT molecular complexity index is 561. The van der Waals surface area contributed by atoms with Crippen LogP contribution in [0.1, 0.15) is 0 Å². The SMILES string of the molecule is O=C(Nc1c(F)cc(Br)cc1F)NC1COCC1C(=O)O. The van der Waals surface area contributed by atoms with Crippen LogP contribution in [0.3, 0.4) is 0 Å². The van der Waals surface area contributed by atoms with Gasteiger partial charge in [-0.05, 0) is 12.1 Å². The largest absolute Gasteiger partial charge is 0.481 e. The predicted molar refractivity (Wildman–Crippen MR) is 71.9 cm³/mol. The van der Waals surface area contributed by atoms with E-state index in [4.69, 9.17) is 9.84 Å². The summed E-state index contributed by atoms with van der Waals surface area (Å²) in [7, 11) is 0. The predicted octanol–water partition coefficient (Wildman–Crippen LogP) is 1.95. The number of halogens is 3. The number of nitrogens with one attached hydrogen (secondary N) is 2. The van der Waals surface area contributed by atoms with E-state index in [9.17, 15) is 18.4 Å². The number of rotatable bonds is 3. The second-order valence-corrected chi connectivity index (χ2v) is 5.35. The van der Waals surface area contributed by atoms with Crippen molar-refractivity contribution in [2.75, 3.05) is 18.5 Å². The number of hydrogen-bond acceptors (Lipinski definition) is 3. The maximum Gasteiger partial charge on any atom is 0.319 e. The fourth-order valence-electron chi connectivity index (χ4n) is 1.92. The molecule has 0 aromatic heterocycles. The molecular formula is C12H11BrF2N2O4. The third kappa shape index (κ3) is 3.67. The van der Waals surface area contributed by atoms with Crippen molar-refractivity contribution in [1.82, 2.24) is 5.32 Å². The number of ether oxygens (including phenoxy) is 1. The monoisotopic (exact) mass is 364 g/mol. The van der Waals surface area contributed by atoms with E-state index in [2.05, 4.69) is 21.2 Å². The molecule has 9 heteroatoms. The van der Waals surface area contributed by atoms with E-state index >= 15 is 0 Å². The van der Waals surface area contributed by atoms with Crippen molar-refractivity contribution in [1.29, 1.82) is 0 Å². The molecule has 0 radical (unpaired) electrons. The molecule has 1 aromatic rings. The molecule has 114 valence electrons. The fraction of sp³-hybridized carbons (Fsp3) is 0.333. The van der Waals surface area contributed by atoms with E-state index in [-0.39, 0.29) is 17.7 Å². The molecule has 1 aromatic carbocycles. The van der Waals surface area contributed by atoms with Crippen LogP contribution < -0.4 is 10.6 Å². The van der Waals surface area contributed by atoms with E-state index < -0.39 is 41.3 Å². The van der Waals surface area contributed by atoms with Crippen LogP contribution in [0.5, 0.6) is 0 Å². The van der Waals surface area contributed by atoms with Gasteiger partial charge in [0.05, 0.1) is 19.3 Å². The summed E-state index contributed by atoms with van der Waals surface area (Å²) < 4.78 is 32.3. The average molecular weight is 365 g/mol. The van der Waals surface area contributed by atoms with E-state index in [1.165, 1.54) is 0 Å². The molecule has 0 saturated carbocycles. The van der Waals surface area contributed by atoms with Crippen molar-refractivity contribution in [3.63, 3.8) is 0 Å². The van der Waals surface area contributed by atoms with Gasteiger partial charge in [0.1, 0.15) is 11.6 Å². The highest BCUT2D eigenvalue weighted by atomic mass is 79.9. The van der Waals surface area contributed by atoms with Gasteiger partial charge in [-0.3, -0.25) is 4.79 Å². The van der Waals surface area contributed by atoms with Gasteiger partial charge >= 0.3 is 12.0 Å². The Hall–Kier alpha value is -1.74. The lowest BCUT2D eigenvalue weighted by atomic mass is 10.0.